The second-order valence-corrected chi connectivity index (χ2v) is 6.26. The number of carbonyl (C=O) groups is 2. The molecule has 0 aromatic heterocycles. The quantitative estimate of drug-likeness (QED) is 0.730. The van der Waals surface area contributed by atoms with Gasteiger partial charge in [-0.05, 0) is 31.6 Å². The van der Waals surface area contributed by atoms with Crippen molar-refractivity contribution in [2.24, 2.45) is 17.8 Å². The van der Waals surface area contributed by atoms with Gasteiger partial charge in [-0.1, -0.05) is 26.2 Å². The maximum atomic E-state index is 12.3. The third-order valence-electron chi connectivity index (χ3n) is 4.95. The number of carbonyl (C=O) groups excluding carboxylic acids is 1. The second kappa shape index (κ2) is 6.57. The molecule has 0 radical (unpaired) electrons. The molecule has 2 rings (SSSR count). The van der Waals surface area contributed by atoms with Crippen LogP contribution >= 0.6 is 0 Å². The Labute approximate surface area is 119 Å². The zero-order chi connectivity index (χ0) is 14.7. The van der Waals surface area contributed by atoms with E-state index in [9.17, 15) is 19.8 Å². The van der Waals surface area contributed by atoms with Crippen LogP contribution in [0.2, 0.25) is 0 Å². The highest BCUT2D eigenvalue weighted by atomic mass is 16.4. The zero-order valence-electron chi connectivity index (χ0n) is 12.0. The maximum Gasteiger partial charge on any atom is 0.307 e. The van der Waals surface area contributed by atoms with E-state index in [-0.39, 0.29) is 11.9 Å². The van der Waals surface area contributed by atoms with Crippen LogP contribution in [0.3, 0.4) is 0 Å². The number of hydrogen-bond acceptors (Lipinski definition) is 3. The molecule has 3 N–H and O–H groups in total. The van der Waals surface area contributed by atoms with Crippen molar-refractivity contribution in [2.75, 3.05) is 0 Å². The van der Waals surface area contributed by atoms with Gasteiger partial charge in [0, 0.05) is 0 Å². The number of amides is 1. The summed E-state index contributed by atoms with van der Waals surface area (Å²) in [6.07, 6.45) is 5.18. The summed E-state index contributed by atoms with van der Waals surface area (Å²) in [6, 6.07) is -0.202. The van der Waals surface area contributed by atoms with Crippen LogP contribution in [-0.2, 0) is 9.59 Å². The van der Waals surface area contributed by atoms with Gasteiger partial charge in [-0.15, -0.1) is 0 Å². The van der Waals surface area contributed by atoms with E-state index in [1.165, 1.54) is 0 Å². The molecule has 114 valence electrons. The highest BCUT2D eigenvalue weighted by Crippen LogP contribution is 2.38. The van der Waals surface area contributed by atoms with Crippen LogP contribution in [0.5, 0.6) is 0 Å². The summed E-state index contributed by atoms with van der Waals surface area (Å²) < 4.78 is 0. The van der Waals surface area contributed by atoms with Gasteiger partial charge in [0.05, 0.1) is 24.0 Å². The van der Waals surface area contributed by atoms with Gasteiger partial charge in [0.1, 0.15) is 0 Å². The van der Waals surface area contributed by atoms with Crippen LogP contribution in [0, 0.1) is 17.8 Å². The lowest BCUT2D eigenvalue weighted by Crippen LogP contribution is -2.48. The second-order valence-electron chi connectivity index (χ2n) is 6.26. The monoisotopic (exact) mass is 283 g/mol. The minimum absolute atomic E-state index is 0.181. The van der Waals surface area contributed by atoms with Crippen LogP contribution in [0.25, 0.3) is 0 Å². The van der Waals surface area contributed by atoms with E-state index in [0.29, 0.717) is 18.8 Å². The van der Waals surface area contributed by atoms with Gasteiger partial charge < -0.3 is 15.5 Å². The smallest absolute Gasteiger partial charge is 0.307 e. The summed E-state index contributed by atoms with van der Waals surface area (Å²) in [7, 11) is 0. The number of carboxylic acids is 1. The predicted octanol–water partition coefficient (Wildman–Crippen LogP) is 1.54. The fourth-order valence-corrected chi connectivity index (χ4v) is 3.61. The molecule has 5 unspecified atom stereocenters. The molecule has 5 heteroatoms. The highest BCUT2D eigenvalue weighted by Gasteiger charge is 2.42. The third kappa shape index (κ3) is 3.32. The van der Waals surface area contributed by atoms with Crippen molar-refractivity contribution >= 4 is 11.9 Å². The topological polar surface area (TPSA) is 86.6 Å². The molecule has 2 aliphatic carbocycles. The zero-order valence-corrected chi connectivity index (χ0v) is 12.0. The van der Waals surface area contributed by atoms with Gasteiger partial charge >= 0.3 is 5.97 Å². The summed E-state index contributed by atoms with van der Waals surface area (Å²) in [4.78, 5) is 23.7. The van der Waals surface area contributed by atoms with Crippen LogP contribution in [0.15, 0.2) is 0 Å². The Morgan fingerprint density at radius 2 is 1.80 bits per heavy atom. The van der Waals surface area contributed by atoms with Crippen molar-refractivity contribution in [3.63, 3.8) is 0 Å². The van der Waals surface area contributed by atoms with Gasteiger partial charge in [-0.25, -0.2) is 0 Å². The summed E-state index contributed by atoms with van der Waals surface area (Å²) in [5.74, 6) is -1.74. The summed E-state index contributed by atoms with van der Waals surface area (Å²) in [5.41, 5.74) is 0. The first-order valence-corrected chi connectivity index (χ1v) is 7.74. The van der Waals surface area contributed by atoms with Crippen molar-refractivity contribution < 1.29 is 19.8 Å². The van der Waals surface area contributed by atoms with E-state index in [1.807, 2.05) is 6.92 Å². The Morgan fingerprint density at radius 3 is 2.40 bits per heavy atom. The summed E-state index contributed by atoms with van der Waals surface area (Å²) in [5, 5.41) is 22.1. The molecule has 2 saturated carbocycles. The first kappa shape index (κ1) is 15.3. The molecule has 0 heterocycles. The standard InChI is InChI=1S/C15H25NO4/c1-2-9-7-10(11(8-9)15(19)20)14(18)16-12-5-3-4-6-13(12)17/h9-13,17H,2-8H2,1H3,(H,16,18)(H,19,20). The molecular formula is C15H25NO4. The number of carboxylic acid groups (broad SMARTS) is 1. The Kier molecular flexibility index (Phi) is 5.02. The Morgan fingerprint density at radius 1 is 1.15 bits per heavy atom. The van der Waals surface area contributed by atoms with Gasteiger partial charge in [0.15, 0.2) is 0 Å². The van der Waals surface area contributed by atoms with Crippen molar-refractivity contribution in [3.05, 3.63) is 0 Å². The first-order valence-electron chi connectivity index (χ1n) is 7.74. The van der Waals surface area contributed by atoms with Crippen molar-refractivity contribution in [1.29, 1.82) is 0 Å². The minimum atomic E-state index is -0.870. The van der Waals surface area contributed by atoms with Crippen LogP contribution in [0.4, 0.5) is 0 Å². The van der Waals surface area contributed by atoms with E-state index < -0.39 is 23.9 Å². The largest absolute Gasteiger partial charge is 0.481 e. The molecule has 0 aromatic rings. The molecule has 20 heavy (non-hydrogen) atoms. The fourth-order valence-electron chi connectivity index (χ4n) is 3.61. The molecular weight excluding hydrogens is 258 g/mol. The molecule has 2 aliphatic rings. The molecule has 0 aliphatic heterocycles. The minimum Gasteiger partial charge on any atom is -0.481 e. The normalized spacial score (nSPS) is 37.6. The van der Waals surface area contributed by atoms with Crippen molar-refractivity contribution in [1.82, 2.24) is 5.32 Å². The number of hydrogen-bond donors (Lipinski definition) is 3. The molecule has 2 fully saturated rings. The number of aliphatic hydroxyl groups is 1. The molecule has 1 amide bonds. The predicted molar refractivity (Wildman–Crippen MR) is 74.0 cm³/mol. The number of aliphatic hydroxyl groups excluding tert-OH is 1. The summed E-state index contributed by atoms with van der Waals surface area (Å²) in [6.45, 7) is 2.04. The maximum absolute atomic E-state index is 12.3. The molecule has 0 spiro atoms. The number of rotatable bonds is 4. The van der Waals surface area contributed by atoms with E-state index >= 15 is 0 Å². The lowest BCUT2D eigenvalue weighted by molar-refractivity contribution is -0.146. The third-order valence-corrected chi connectivity index (χ3v) is 4.95. The van der Waals surface area contributed by atoms with E-state index in [0.717, 1.165) is 32.1 Å². The lowest BCUT2D eigenvalue weighted by Gasteiger charge is -2.29. The SMILES string of the molecule is CCC1CC(C(=O)O)C(C(=O)NC2CCCCC2O)C1. The van der Waals surface area contributed by atoms with Crippen molar-refractivity contribution in [2.45, 2.75) is 64.0 Å². The average molecular weight is 283 g/mol. The van der Waals surface area contributed by atoms with Gasteiger partial charge in [-0.3, -0.25) is 9.59 Å². The van der Waals surface area contributed by atoms with Crippen LogP contribution < -0.4 is 5.32 Å². The molecule has 0 bridgehead atoms. The molecule has 5 atom stereocenters. The molecule has 0 aromatic carbocycles. The summed E-state index contributed by atoms with van der Waals surface area (Å²) >= 11 is 0. The van der Waals surface area contributed by atoms with E-state index in [1.54, 1.807) is 0 Å². The van der Waals surface area contributed by atoms with Crippen molar-refractivity contribution in [3.8, 4) is 0 Å². The van der Waals surface area contributed by atoms with Gasteiger partial charge in [0.2, 0.25) is 5.91 Å². The number of aliphatic carboxylic acids is 1. The Hall–Kier alpha value is -1.10. The first-order chi connectivity index (χ1) is 9.52. The molecule has 0 saturated heterocycles. The number of nitrogens with one attached hydrogen (secondary N) is 1. The van der Waals surface area contributed by atoms with Gasteiger partial charge in [-0.2, -0.15) is 0 Å². The highest BCUT2D eigenvalue weighted by molar-refractivity contribution is 5.85. The fraction of sp³-hybridized carbons (Fsp3) is 0.867. The van der Waals surface area contributed by atoms with E-state index in [2.05, 4.69) is 5.32 Å². The van der Waals surface area contributed by atoms with Crippen LogP contribution in [0.1, 0.15) is 51.9 Å². The molecule has 5 nitrogen and oxygen atoms in total. The Balaban J connectivity index is 1.98. The average Bonchev–Trinajstić information content (AvgIpc) is 2.86. The Bertz CT molecular complexity index is 371. The van der Waals surface area contributed by atoms with E-state index in [4.69, 9.17) is 0 Å². The lowest BCUT2D eigenvalue weighted by atomic mass is 9.90. The van der Waals surface area contributed by atoms with Crippen LogP contribution in [-0.4, -0.2) is 34.2 Å². The van der Waals surface area contributed by atoms with Gasteiger partial charge in [0.25, 0.3) is 0 Å².